The van der Waals surface area contributed by atoms with E-state index in [1.807, 2.05) is 41.1 Å². The van der Waals surface area contributed by atoms with Crippen molar-refractivity contribution >= 4 is 15.9 Å². The average molecular weight is 530 g/mol. The number of pyridine rings is 2. The van der Waals surface area contributed by atoms with Gasteiger partial charge in [-0.2, -0.15) is 0 Å². The summed E-state index contributed by atoms with van der Waals surface area (Å²) in [6.07, 6.45) is 8.73. The number of carbonyl (C=O) groups excluding carboxylic acids is 1. The average Bonchev–Trinajstić information content (AvgIpc) is 3.75. The molecule has 1 N–H and O–H groups in total. The van der Waals surface area contributed by atoms with Crippen LogP contribution in [0.4, 0.5) is 0 Å². The maximum absolute atomic E-state index is 12.0. The van der Waals surface area contributed by atoms with Crippen molar-refractivity contribution in [3.05, 3.63) is 96.4 Å². The number of sulfonamides is 1. The SMILES string of the molecule is CS(=O)(=O)NC(=O)c1ccc(COc2cc(-c3cccnc3)cc(-c3ccc(OCC4CC4)nc3)c2)cc1. The summed E-state index contributed by atoms with van der Waals surface area (Å²) in [5.41, 5.74) is 4.85. The van der Waals surface area contributed by atoms with E-state index in [1.165, 1.54) is 12.8 Å². The van der Waals surface area contributed by atoms with Crippen molar-refractivity contribution < 1.29 is 22.7 Å². The topological polar surface area (TPSA) is 107 Å². The minimum Gasteiger partial charge on any atom is -0.489 e. The van der Waals surface area contributed by atoms with Crippen LogP contribution >= 0.6 is 0 Å². The van der Waals surface area contributed by atoms with Crippen LogP contribution in [0, 0.1) is 5.92 Å². The highest BCUT2D eigenvalue weighted by Crippen LogP contribution is 2.33. The van der Waals surface area contributed by atoms with Crippen LogP contribution in [0.3, 0.4) is 0 Å². The van der Waals surface area contributed by atoms with Gasteiger partial charge in [0.15, 0.2) is 0 Å². The molecule has 4 aromatic rings. The second-order valence-corrected chi connectivity index (χ2v) is 11.1. The van der Waals surface area contributed by atoms with Crippen LogP contribution in [0.5, 0.6) is 11.6 Å². The highest BCUT2D eigenvalue weighted by atomic mass is 32.2. The largest absolute Gasteiger partial charge is 0.489 e. The molecule has 38 heavy (non-hydrogen) atoms. The molecule has 0 atom stereocenters. The molecule has 0 spiro atoms. The summed E-state index contributed by atoms with van der Waals surface area (Å²) in [7, 11) is -3.63. The molecule has 1 saturated carbocycles. The van der Waals surface area contributed by atoms with E-state index in [-0.39, 0.29) is 12.2 Å². The Bertz CT molecular complexity index is 1520. The monoisotopic (exact) mass is 529 g/mol. The minimum absolute atomic E-state index is 0.247. The summed E-state index contributed by atoms with van der Waals surface area (Å²) in [5, 5.41) is 0. The Kier molecular flexibility index (Phi) is 7.37. The van der Waals surface area contributed by atoms with Gasteiger partial charge in [0.1, 0.15) is 12.4 Å². The van der Waals surface area contributed by atoms with Crippen LogP contribution in [-0.4, -0.2) is 37.2 Å². The fourth-order valence-corrected chi connectivity index (χ4v) is 4.27. The fraction of sp³-hybridized carbons (Fsp3) is 0.207. The Morgan fingerprint density at radius 2 is 1.66 bits per heavy atom. The standard InChI is InChI=1S/C29H27N3O5S/c1-38(34,35)32-29(33)22-8-6-21(7-9-22)18-36-27-14-25(23-3-2-12-30-16-23)13-26(15-27)24-10-11-28(31-17-24)37-19-20-4-5-20/h2-3,6-17,20H,4-5,18-19H2,1H3,(H,32,33). The van der Waals surface area contributed by atoms with E-state index >= 15 is 0 Å². The molecule has 0 saturated heterocycles. The summed E-state index contributed by atoms with van der Waals surface area (Å²) in [6.45, 7) is 0.973. The van der Waals surface area contributed by atoms with Gasteiger partial charge >= 0.3 is 0 Å². The Hall–Kier alpha value is -4.24. The smallest absolute Gasteiger partial charge is 0.264 e. The fourth-order valence-electron chi connectivity index (χ4n) is 3.82. The third-order valence-electron chi connectivity index (χ3n) is 6.03. The second-order valence-electron chi connectivity index (χ2n) is 9.32. The van der Waals surface area contributed by atoms with Gasteiger partial charge in [0.05, 0.1) is 12.9 Å². The minimum atomic E-state index is -3.63. The first-order valence-corrected chi connectivity index (χ1v) is 14.1. The first kappa shape index (κ1) is 25.4. The molecule has 2 aromatic carbocycles. The van der Waals surface area contributed by atoms with E-state index in [2.05, 4.69) is 16.0 Å². The third-order valence-corrected chi connectivity index (χ3v) is 6.59. The first-order valence-electron chi connectivity index (χ1n) is 12.2. The number of ether oxygens (including phenoxy) is 2. The normalized spacial score (nSPS) is 13.1. The van der Waals surface area contributed by atoms with Gasteiger partial charge in [-0.15, -0.1) is 0 Å². The Morgan fingerprint density at radius 1 is 0.921 bits per heavy atom. The maximum Gasteiger partial charge on any atom is 0.264 e. The number of benzene rings is 2. The zero-order chi connectivity index (χ0) is 26.5. The first-order chi connectivity index (χ1) is 18.3. The molecule has 0 bridgehead atoms. The lowest BCUT2D eigenvalue weighted by molar-refractivity contribution is 0.0981. The molecule has 0 aliphatic heterocycles. The maximum atomic E-state index is 12.0. The summed E-state index contributed by atoms with van der Waals surface area (Å²) >= 11 is 0. The Morgan fingerprint density at radius 3 is 2.26 bits per heavy atom. The molecule has 1 aliphatic rings. The van der Waals surface area contributed by atoms with Gasteiger partial charge in [-0.1, -0.05) is 18.2 Å². The third kappa shape index (κ3) is 6.95. The molecular weight excluding hydrogens is 502 g/mol. The van der Waals surface area contributed by atoms with E-state index < -0.39 is 15.9 Å². The lowest BCUT2D eigenvalue weighted by Gasteiger charge is -2.13. The van der Waals surface area contributed by atoms with Gasteiger partial charge in [0.25, 0.3) is 5.91 Å². The molecule has 5 rings (SSSR count). The number of hydrogen-bond donors (Lipinski definition) is 1. The second kappa shape index (κ2) is 11.0. The van der Waals surface area contributed by atoms with Gasteiger partial charge in [-0.25, -0.2) is 18.1 Å². The zero-order valence-corrected chi connectivity index (χ0v) is 21.6. The quantitative estimate of drug-likeness (QED) is 0.312. The highest BCUT2D eigenvalue weighted by molar-refractivity contribution is 7.89. The van der Waals surface area contributed by atoms with Crippen LogP contribution in [0.15, 0.2) is 85.3 Å². The lowest BCUT2D eigenvalue weighted by atomic mass is 10.0. The molecule has 0 unspecified atom stereocenters. The number of rotatable bonds is 10. The summed E-state index contributed by atoms with van der Waals surface area (Å²) in [6, 6.07) is 20.3. The van der Waals surface area contributed by atoms with Crippen molar-refractivity contribution in [3.8, 4) is 33.9 Å². The van der Waals surface area contributed by atoms with Crippen molar-refractivity contribution in [1.82, 2.24) is 14.7 Å². The molecule has 194 valence electrons. The molecule has 9 heteroatoms. The van der Waals surface area contributed by atoms with E-state index in [1.54, 1.807) is 42.9 Å². The molecular formula is C29H27N3O5S. The summed E-state index contributed by atoms with van der Waals surface area (Å²) < 4.78 is 36.5. The summed E-state index contributed by atoms with van der Waals surface area (Å²) in [4.78, 5) is 20.8. The molecule has 2 heterocycles. The molecule has 8 nitrogen and oxygen atoms in total. The van der Waals surface area contributed by atoms with Gasteiger partial charge in [0, 0.05) is 41.3 Å². The van der Waals surface area contributed by atoms with Crippen molar-refractivity contribution in [2.24, 2.45) is 5.92 Å². The van der Waals surface area contributed by atoms with Crippen molar-refractivity contribution in [2.75, 3.05) is 12.9 Å². The van der Waals surface area contributed by atoms with Crippen LogP contribution in [0.1, 0.15) is 28.8 Å². The predicted molar refractivity (Wildman–Crippen MR) is 144 cm³/mol. The van der Waals surface area contributed by atoms with Crippen LogP contribution in [0.25, 0.3) is 22.3 Å². The van der Waals surface area contributed by atoms with E-state index in [0.29, 0.717) is 24.2 Å². The van der Waals surface area contributed by atoms with Gasteiger partial charge < -0.3 is 9.47 Å². The molecule has 1 fully saturated rings. The molecule has 1 amide bonds. The number of aromatic nitrogens is 2. The number of nitrogens with one attached hydrogen (secondary N) is 1. The van der Waals surface area contributed by atoms with E-state index in [4.69, 9.17) is 9.47 Å². The van der Waals surface area contributed by atoms with Crippen molar-refractivity contribution in [1.29, 1.82) is 0 Å². The molecule has 0 radical (unpaired) electrons. The summed E-state index contributed by atoms with van der Waals surface area (Å²) in [5.74, 6) is 1.27. The highest BCUT2D eigenvalue weighted by Gasteiger charge is 2.22. The Balaban J connectivity index is 1.34. The molecule has 2 aromatic heterocycles. The number of nitrogens with zero attached hydrogens (tertiary/aromatic N) is 2. The van der Waals surface area contributed by atoms with Gasteiger partial charge in [0.2, 0.25) is 15.9 Å². The van der Waals surface area contributed by atoms with E-state index in [9.17, 15) is 13.2 Å². The van der Waals surface area contributed by atoms with Crippen LogP contribution < -0.4 is 14.2 Å². The number of carbonyl (C=O) groups is 1. The lowest BCUT2D eigenvalue weighted by Crippen LogP contribution is -2.29. The van der Waals surface area contributed by atoms with Crippen LogP contribution in [-0.2, 0) is 16.6 Å². The van der Waals surface area contributed by atoms with Gasteiger partial charge in [-0.05, 0) is 77.9 Å². The van der Waals surface area contributed by atoms with Gasteiger partial charge in [-0.3, -0.25) is 9.78 Å². The molecule has 1 aliphatic carbocycles. The Labute approximate surface area is 221 Å². The number of hydrogen-bond acceptors (Lipinski definition) is 7. The van der Waals surface area contributed by atoms with Crippen molar-refractivity contribution in [3.63, 3.8) is 0 Å². The van der Waals surface area contributed by atoms with Crippen LogP contribution in [0.2, 0.25) is 0 Å². The number of amides is 1. The van der Waals surface area contributed by atoms with E-state index in [0.717, 1.165) is 34.1 Å². The predicted octanol–water partition coefficient (Wildman–Crippen LogP) is 4.87. The zero-order valence-electron chi connectivity index (χ0n) is 20.8. The van der Waals surface area contributed by atoms with Crippen molar-refractivity contribution in [2.45, 2.75) is 19.4 Å².